The first-order valence-electron chi connectivity index (χ1n) is 5.18. The van der Waals surface area contributed by atoms with Crippen LogP contribution in [0.25, 0.3) is 0 Å². The molecule has 0 saturated heterocycles. The number of nitrogens with one attached hydrogen (secondary N) is 1. The number of para-hydroxylation sites is 1. The van der Waals surface area contributed by atoms with Gasteiger partial charge in [0.25, 0.3) is 0 Å². The van der Waals surface area contributed by atoms with E-state index in [1.807, 2.05) is 25.1 Å². The Hall–Kier alpha value is -1.26. The summed E-state index contributed by atoms with van der Waals surface area (Å²) in [6.07, 6.45) is 1.78. The molecule has 0 radical (unpaired) electrons. The number of thiazole rings is 1. The third-order valence-corrected chi connectivity index (χ3v) is 3.53. The number of aromatic nitrogens is 1. The summed E-state index contributed by atoms with van der Waals surface area (Å²) in [6.45, 7) is 2.75. The van der Waals surface area contributed by atoms with Crippen molar-refractivity contribution in [2.45, 2.75) is 13.5 Å². The maximum Gasteiger partial charge on any atom is 0.183 e. The van der Waals surface area contributed by atoms with Crippen LogP contribution < -0.4 is 10.1 Å². The van der Waals surface area contributed by atoms with Crippen molar-refractivity contribution in [3.63, 3.8) is 0 Å². The Bertz CT molecular complexity index is 513. The molecule has 1 N–H and O–H groups in total. The van der Waals surface area contributed by atoms with E-state index in [0.717, 1.165) is 21.9 Å². The van der Waals surface area contributed by atoms with E-state index in [9.17, 15) is 0 Å². The second-order valence-electron chi connectivity index (χ2n) is 3.59. The molecule has 0 bridgehead atoms. The van der Waals surface area contributed by atoms with Crippen LogP contribution in [-0.4, -0.2) is 12.1 Å². The molecule has 3 nitrogen and oxygen atoms in total. The first-order valence-corrected chi connectivity index (χ1v) is 6.38. The topological polar surface area (TPSA) is 34.1 Å². The second-order valence-corrected chi connectivity index (χ2v) is 5.28. The van der Waals surface area contributed by atoms with Gasteiger partial charge in [0, 0.05) is 11.1 Å². The van der Waals surface area contributed by atoms with Gasteiger partial charge in [0.15, 0.2) is 4.47 Å². The Balaban J connectivity index is 2.13. The molecule has 0 aliphatic heterocycles. The van der Waals surface area contributed by atoms with Gasteiger partial charge >= 0.3 is 0 Å². The van der Waals surface area contributed by atoms with Gasteiger partial charge in [0.05, 0.1) is 19.3 Å². The third-order valence-electron chi connectivity index (χ3n) is 2.42. The van der Waals surface area contributed by atoms with Crippen LogP contribution in [0.4, 0.5) is 5.69 Å². The van der Waals surface area contributed by atoms with Crippen LogP contribution in [0.3, 0.4) is 0 Å². The summed E-state index contributed by atoms with van der Waals surface area (Å²) in [5.41, 5.74) is 2.17. The van der Waals surface area contributed by atoms with Gasteiger partial charge in [-0.15, -0.1) is 11.3 Å². The molecule has 1 heterocycles. The van der Waals surface area contributed by atoms with Crippen LogP contribution >= 0.6 is 22.9 Å². The van der Waals surface area contributed by atoms with Crippen molar-refractivity contribution in [1.29, 1.82) is 0 Å². The van der Waals surface area contributed by atoms with Crippen LogP contribution in [0.5, 0.6) is 5.75 Å². The highest BCUT2D eigenvalue weighted by atomic mass is 35.5. The fourth-order valence-corrected chi connectivity index (χ4v) is 2.50. The summed E-state index contributed by atoms with van der Waals surface area (Å²) < 4.78 is 5.89. The van der Waals surface area contributed by atoms with E-state index >= 15 is 0 Å². The molecular formula is C12H13ClN2OS. The van der Waals surface area contributed by atoms with Crippen LogP contribution in [0.1, 0.15) is 10.4 Å². The van der Waals surface area contributed by atoms with Crippen molar-refractivity contribution < 1.29 is 4.74 Å². The molecule has 0 unspecified atom stereocenters. The number of ether oxygens (including phenoxy) is 1. The summed E-state index contributed by atoms with van der Waals surface area (Å²) in [5.74, 6) is 0.848. The van der Waals surface area contributed by atoms with Crippen molar-refractivity contribution in [3.05, 3.63) is 39.3 Å². The molecule has 17 heavy (non-hydrogen) atoms. The summed E-state index contributed by atoms with van der Waals surface area (Å²) in [5, 5.41) is 3.35. The van der Waals surface area contributed by atoms with Crippen LogP contribution in [-0.2, 0) is 6.54 Å². The molecule has 5 heteroatoms. The van der Waals surface area contributed by atoms with Gasteiger partial charge in [0.2, 0.25) is 0 Å². The Labute approximate surface area is 109 Å². The second kappa shape index (κ2) is 5.38. The van der Waals surface area contributed by atoms with E-state index in [4.69, 9.17) is 16.3 Å². The van der Waals surface area contributed by atoms with Gasteiger partial charge in [-0.1, -0.05) is 23.7 Å². The van der Waals surface area contributed by atoms with Crippen molar-refractivity contribution in [3.8, 4) is 5.75 Å². The lowest BCUT2D eigenvalue weighted by atomic mass is 10.2. The average molecular weight is 269 g/mol. The number of aryl methyl sites for hydroxylation is 1. The Kier molecular flexibility index (Phi) is 3.86. The summed E-state index contributed by atoms with van der Waals surface area (Å²) >= 11 is 7.26. The number of hydrogen-bond donors (Lipinski definition) is 1. The molecular weight excluding hydrogens is 256 g/mol. The highest BCUT2D eigenvalue weighted by molar-refractivity contribution is 7.15. The molecule has 0 aliphatic carbocycles. The highest BCUT2D eigenvalue weighted by Crippen LogP contribution is 2.28. The molecule has 0 atom stereocenters. The first-order chi connectivity index (χ1) is 8.20. The number of nitrogens with zero attached hydrogens (tertiary/aromatic N) is 1. The minimum absolute atomic E-state index is 0.568. The molecule has 0 amide bonds. The molecule has 2 aromatic rings. The van der Waals surface area contributed by atoms with Gasteiger partial charge in [-0.2, -0.15) is 0 Å². The summed E-state index contributed by atoms with van der Waals surface area (Å²) in [6, 6.07) is 5.96. The Morgan fingerprint density at radius 1 is 1.47 bits per heavy atom. The lowest BCUT2D eigenvalue weighted by molar-refractivity contribution is 0.416. The molecule has 0 saturated carbocycles. The monoisotopic (exact) mass is 268 g/mol. The molecule has 1 aromatic carbocycles. The minimum atomic E-state index is 0.568. The normalized spacial score (nSPS) is 10.3. The lowest BCUT2D eigenvalue weighted by Crippen LogP contribution is -2.01. The van der Waals surface area contributed by atoms with Crippen LogP contribution in [0.15, 0.2) is 24.4 Å². The van der Waals surface area contributed by atoms with Gasteiger partial charge in [-0.3, -0.25) is 0 Å². The van der Waals surface area contributed by atoms with E-state index in [-0.39, 0.29) is 0 Å². The quantitative estimate of drug-likeness (QED) is 0.918. The van der Waals surface area contributed by atoms with Gasteiger partial charge in [-0.25, -0.2) is 4.98 Å². The molecule has 90 valence electrons. The number of benzene rings is 1. The minimum Gasteiger partial charge on any atom is -0.495 e. The van der Waals surface area contributed by atoms with Gasteiger partial charge in [0.1, 0.15) is 5.75 Å². The number of halogens is 1. The fraction of sp³-hybridized carbons (Fsp3) is 0.250. The van der Waals surface area contributed by atoms with Gasteiger partial charge < -0.3 is 10.1 Å². The highest BCUT2D eigenvalue weighted by Gasteiger charge is 2.06. The zero-order valence-electron chi connectivity index (χ0n) is 9.66. The first kappa shape index (κ1) is 12.2. The van der Waals surface area contributed by atoms with E-state index < -0.39 is 0 Å². The van der Waals surface area contributed by atoms with Crippen molar-refractivity contribution >= 4 is 28.6 Å². The van der Waals surface area contributed by atoms with E-state index in [0.29, 0.717) is 11.0 Å². The predicted molar refractivity (Wildman–Crippen MR) is 72.2 cm³/mol. The molecule has 0 aliphatic rings. The van der Waals surface area contributed by atoms with Crippen molar-refractivity contribution in [2.75, 3.05) is 12.4 Å². The van der Waals surface area contributed by atoms with Crippen molar-refractivity contribution in [2.24, 2.45) is 0 Å². The van der Waals surface area contributed by atoms with E-state index in [1.54, 1.807) is 13.3 Å². The number of hydrogen-bond acceptors (Lipinski definition) is 4. The summed E-state index contributed by atoms with van der Waals surface area (Å²) in [4.78, 5) is 5.10. The van der Waals surface area contributed by atoms with Crippen LogP contribution in [0.2, 0.25) is 4.47 Å². The van der Waals surface area contributed by atoms with E-state index in [1.165, 1.54) is 11.3 Å². The predicted octanol–water partition coefficient (Wildman–Crippen LogP) is 3.73. The fourth-order valence-electron chi connectivity index (χ4n) is 1.58. The Morgan fingerprint density at radius 3 is 2.94 bits per heavy atom. The standard InChI is InChI=1S/C12H13ClN2OS/c1-8-4-3-5-10(16-2)11(8)14-6-9-7-15-12(13)17-9/h3-5,7,14H,6H2,1-2H3. The zero-order chi connectivity index (χ0) is 12.3. The third kappa shape index (κ3) is 2.90. The summed E-state index contributed by atoms with van der Waals surface area (Å²) in [7, 11) is 1.67. The lowest BCUT2D eigenvalue weighted by Gasteiger charge is -2.12. The number of anilines is 1. The smallest absolute Gasteiger partial charge is 0.183 e. The van der Waals surface area contributed by atoms with Crippen molar-refractivity contribution in [1.82, 2.24) is 4.98 Å². The Morgan fingerprint density at radius 2 is 2.29 bits per heavy atom. The van der Waals surface area contributed by atoms with Crippen LogP contribution in [0, 0.1) is 6.92 Å². The largest absolute Gasteiger partial charge is 0.495 e. The average Bonchev–Trinajstić information content (AvgIpc) is 2.73. The molecule has 0 fully saturated rings. The molecule has 0 spiro atoms. The van der Waals surface area contributed by atoms with E-state index in [2.05, 4.69) is 10.3 Å². The molecule has 2 rings (SSSR count). The number of methoxy groups -OCH3 is 1. The number of rotatable bonds is 4. The maximum atomic E-state index is 5.79. The maximum absolute atomic E-state index is 5.79. The zero-order valence-corrected chi connectivity index (χ0v) is 11.2. The molecule has 1 aromatic heterocycles. The SMILES string of the molecule is COc1cccc(C)c1NCc1cnc(Cl)s1. The van der Waals surface area contributed by atoms with Gasteiger partial charge in [-0.05, 0) is 18.6 Å².